The summed E-state index contributed by atoms with van der Waals surface area (Å²) in [4.78, 5) is 50.3. The Bertz CT molecular complexity index is 1270. The number of hydrogen-bond donors (Lipinski definition) is 1. The third-order valence-corrected chi connectivity index (χ3v) is 8.93. The summed E-state index contributed by atoms with van der Waals surface area (Å²) in [7, 11) is 0. The van der Waals surface area contributed by atoms with Crippen LogP contribution in [0.1, 0.15) is 90.5 Å². The first kappa shape index (κ1) is 23.8. The van der Waals surface area contributed by atoms with Crippen molar-refractivity contribution in [2.45, 2.75) is 87.9 Å². The molecule has 3 atom stereocenters. The lowest BCUT2D eigenvalue weighted by atomic mass is 9.86. The van der Waals surface area contributed by atoms with Crippen LogP contribution in [0.15, 0.2) is 30.6 Å². The average molecular weight is 516 g/mol. The lowest BCUT2D eigenvalue weighted by Crippen LogP contribution is -2.57. The Morgan fingerprint density at radius 3 is 2.47 bits per heavy atom. The minimum Gasteiger partial charge on any atom is -0.489 e. The number of aromatic nitrogens is 2. The van der Waals surface area contributed by atoms with Crippen molar-refractivity contribution in [3.05, 3.63) is 53.1 Å². The Hall–Kier alpha value is -3.33. The van der Waals surface area contributed by atoms with Crippen LogP contribution in [0.5, 0.6) is 5.75 Å². The van der Waals surface area contributed by atoms with Gasteiger partial charge in [0.15, 0.2) is 0 Å². The van der Waals surface area contributed by atoms with Crippen LogP contribution in [0, 0.1) is 0 Å². The monoisotopic (exact) mass is 515 g/mol. The summed E-state index contributed by atoms with van der Waals surface area (Å²) < 4.78 is 6.56. The number of piperidine rings is 1. The van der Waals surface area contributed by atoms with E-state index in [-0.39, 0.29) is 30.2 Å². The summed E-state index contributed by atoms with van der Waals surface area (Å²) in [5, 5.41) is 2.36. The van der Waals surface area contributed by atoms with E-state index >= 15 is 0 Å². The molecule has 198 valence electrons. The summed E-state index contributed by atoms with van der Waals surface area (Å²) in [6, 6.07) is 5.41. The molecule has 4 heterocycles. The third kappa shape index (κ3) is 4.36. The van der Waals surface area contributed by atoms with Gasteiger partial charge in [0, 0.05) is 56.0 Å². The predicted molar refractivity (Wildman–Crippen MR) is 137 cm³/mol. The number of nitrogens with zero attached hydrogens (tertiary/aromatic N) is 4. The van der Waals surface area contributed by atoms with Gasteiger partial charge in [-0.3, -0.25) is 24.6 Å². The molecule has 9 heteroatoms. The van der Waals surface area contributed by atoms with Gasteiger partial charge in [0.25, 0.3) is 5.91 Å². The van der Waals surface area contributed by atoms with E-state index in [1.807, 2.05) is 30.6 Å². The van der Waals surface area contributed by atoms with Gasteiger partial charge in [-0.05, 0) is 73.8 Å². The van der Waals surface area contributed by atoms with Gasteiger partial charge in [0.2, 0.25) is 11.8 Å². The highest BCUT2D eigenvalue weighted by atomic mass is 16.5. The number of rotatable bonds is 6. The van der Waals surface area contributed by atoms with Crippen molar-refractivity contribution in [2.75, 3.05) is 13.1 Å². The minimum absolute atomic E-state index is 0.101. The molecule has 1 N–H and O–H groups in total. The van der Waals surface area contributed by atoms with Crippen LogP contribution in [0.3, 0.4) is 0 Å². The predicted octanol–water partition coefficient (Wildman–Crippen LogP) is 2.90. The van der Waals surface area contributed by atoms with E-state index in [4.69, 9.17) is 4.74 Å². The molecule has 0 bridgehead atoms. The first-order chi connectivity index (χ1) is 18.5. The number of amides is 3. The van der Waals surface area contributed by atoms with Crippen molar-refractivity contribution in [1.82, 2.24) is 25.1 Å². The van der Waals surface area contributed by atoms with Crippen molar-refractivity contribution < 1.29 is 19.1 Å². The highest BCUT2D eigenvalue weighted by Crippen LogP contribution is 2.40. The number of likely N-dealkylation sites (tertiary alicyclic amines) is 1. The van der Waals surface area contributed by atoms with Crippen molar-refractivity contribution in [3.8, 4) is 5.75 Å². The van der Waals surface area contributed by atoms with Gasteiger partial charge in [-0.2, -0.15) is 0 Å². The van der Waals surface area contributed by atoms with E-state index < -0.39 is 6.04 Å². The first-order valence-electron chi connectivity index (χ1n) is 14.0. The maximum atomic E-state index is 13.0. The molecule has 5 aliphatic rings. The second-order valence-corrected chi connectivity index (χ2v) is 11.5. The lowest BCUT2D eigenvalue weighted by molar-refractivity contribution is -0.136. The van der Waals surface area contributed by atoms with Crippen LogP contribution in [0.4, 0.5) is 0 Å². The Kier molecular flexibility index (Phi) is 5.91. The van der Waals surface area contributed by atoms with Crippen LogP contribution in [-0.4, -0.2) is 68.8 Å². The van der Waals surface area contributed by atoms with E-state index in [0.29, 0.717) is 36.4 Å². The summed E-state index contributed by atoms with van der Waals surface area (Å²) in [6.45, 7) is 2.29. The van der Waals surface area contributed by atoms with Crippen LogP contribution in [0.25, 0.3) is 0 Å². The fourth-order valence-corrected chi connectivity index (χ4v) is 6.56. The van der Waals surface area contributed by atoms with Crippen LogP contribution < -0.4 is 10.1 Å². The number of hydrogen-bond acceptors (Lipinski definition) is 7. The zero-order valence-corrected chi connectivity index (χ0v) is 21.5. The van der Waals surface area contributed by atoms with Gasteiger partial charge < -0.3 is 9.64 Å². The molecule has 2 aliphatic carbocycles. The summed E-state index contributed by atoms with van der Waals surface area (Å²) >= 11 is 0. The molecule has 3 amide bonds. The number of carbonyl (C=O) groups is 3. The van der Waals surface area contributed by atoms with Gasteiger partial charge >= 0.3 is 0 Å². The second kappa shape index (κ2) is 9.45. The summed E-state index contributed by atoms with van der Waals surface area (Å²) in [5.74, 6) is 1.98. The topological polar surface area (TPSA) is 105 Å². The Morgan fingerprint density at radius 1 is 0.921 bits per heavy atom. The van der Waals surface area contributed by atoms with E-state index in [0.717, 1.165) is 49.5 Å². The first-order valence-corrected chi connectivity index (χ1v) is 14.0. The molecular formula is C29H33N5O4. The molecule has 2 aromatic rings. The largest absolute Gasteiger partial charge is 0.489 e. The molecule has 0 spiro atoms. The van der Waals surface area contributed by atoms with Crippen molar-refractivity contribution in [1.29, 1.82) is 0 Å². The SMILES string of the molecule is O=C1CCC(N2Cc3cc(O[C@@H]4CCCC[C@H]4N4CC(c5ncc(C6CC6)cn5)C4)ccc3C2=O)C(=O)N1. The number of benzene rings is 1. The normalized spacial score (nSPS) is 28.2. The molecule has 3 aliphatic heterocycles. The molecule has 2 saturated heterocycles. The highest BCUT2D eigenvalue weighted by molar-refractivity contribution is 6.05. The summed E-state index contributed by atoms with van der Waals surface area (Å²) in [6.07, 6.45) is 11.8. The van der Waals surface area contributed by atoms with Gasteiger partial charge in [-0.1, -0.05) is 6.42 Å². The van der Waals surface area contributed by atoms with Crippen LogP contribution in [0.2, 0.25) is 0 Å². The zero-order chi connectivity index (χ0) is 25.8. The van der Waals surface area contributed by atoms with E-state index in [1.165, 1.54) is 24.8 Å². The molecule has 7 rings (SSSR count). The smallest absolute Gasteiger partial charge is 0.255 e. The zero-order valence-electron chi connectivity index (χ0n) is 21.5. The quantitative estimate of drug-likeness (QED) is 0.590. The number of imide groups is 1. The van der Waals surface area contributed by atoms with E-state index in [9.17, 15) is 14.4 Å². The number of nitrogens with one attached hydrogen (secondary N) is 1. The molecule has 9 nitrogen and oxygen atoms in total. The van der Waals surface area contributed by atoms with Gasteiger partial charge in [0.1, 0.15) is 23.7 Å². The highest BCUT2D eigenvalue weighted by Gasteiger charge is 2.42. The fourth-order valence-electron chi connectivity index (χ4n) is 6.56. The molecular weight excluding hydrogens is 482 g/mol. The Morgan fingerprint density at radius 2 is 1.71 bits per heavy atom. The van der Waals surface area contributed by atoms with Crippen molar-refractivity contribution in [3.63, 3.8) is 0 Å². The van der Waals surface area contributed by atoms with E-state index in [2.05, 4.69) is 20.2 Å². The maximum Gasteiger partial charge on any atom is 0.255 e. The molecule has 4 fully saturated rings. The molecule has 1 aromatic carbocycles. The number of fused-ring (bicyclic) bond motifs is 1. The van der Waals surface area contributed by atoms with Crippen molar-refractivity contribution >= 4 is 17.7 Å². The standard InChI is InChI=1S/C29H33N5O4/c35-26-10-9-24(28(36)32-26)34-16-18-11-21(7-8-22(18)29(34)37)38-25-4-2-1-3-23(25)33-14-20(15-33)27-30-12-19(13-31-27)17-5-6-17/h7-8,11-13,17,20,23-25H,1-6,9-10,14-16H2,(H,32,35,36)/t23-,24?,25-/m1/s1. The van der Waals surface area contributed by atoms with Gasteiger partial charge in [-0.15, -0.1) is 0 Å². The molecule has 1 unspecified atom stereocenters. The average Bonchev–Trinajstić information content (AvgIpc) is 3.69. The molecule has 38 heavy (non-hydrogen) atoms. The van der Waals surface area contributed by atoms with Crippen LogP contribution >= 0.6 is 0 Å². The lowest BCUT2D eigenvalue weighted by Gasteiger charge is -2.47. The third-order valence-electron chi connectivity index (χ3n) is 8.93. The van der Waals surface area contributed by atoms with E-state index in [1.54, 1.807) is 4.90 Å². The summed E-state index contributed by atoms with van der Waals surface area (Å²) in [5.41, 5.74) is 2.77. The molecule has 1 aromatic heterocycles. The number of ether oxygens (including phenoxy) is 1. The minimum atomic E-state index is -0.604. The van der Waals surface area contributed by atoms with Gasteiger partial charge in [-0.25, -0.2) is 9.97 Å². The van der Waals surface area contributed by atoms with Crippen molar-refractivity contribution in [2.24, 2.45) is 0 Å². The van der Waals surface area contributed by atoms with Crippen LogP contribution in [-0.2, 0) is 16.1 Å². The molecule has 0 radical (unpaired) electrons. The number of carbonyl (C=O) groups excluding carboxylic acids is 3. The fraction of sp³-hybridized carbons (Fsp3) is 0.552. The van der Waals surface area contributed by atoms with Gasteiger partial charge in [0.05, 0.1) is 0 Å². The molecule has 2 saturated carbocycles. The Labute approximate surface area is 222 Å². The second-order valence-electron chi connectivity index (χ2n) is 11.5. The Balaban J connectivity index is 0.997. The maximum absolute atomic E-state index is 13.0.